The number of hydrogen-bond acceptors (Lipinski definition) is 6. The van der Waals surface area contributed by atoms with Crippen LogP contribution in [0.3, 0.4) is 0 Å². The average Bonchev–Trinajstić information content (AvgIpc) is 2.84. The van der Waals surface area contributed by atoms with E-state index >= 15 is 0 Å². The molecule has 2 fully saturated rings. The van der Waals surface area contributed by atoms with Crippen LogP contribution in [0.15, 0.2) is 55.0 Å². The first kappa shape index (κ1) is 26.5. The van der Waals surface area contributed by atoms with E-state index in [1.807, 2.05) is 5.32 Å². The molecule has 3 aromatic rings. The Morgan fingerprint density at radius 3 is 2.38 bits per heavy atom. The van der Waals surface area contributed by atoms with Gasteiger partial charge in [0, 0.05) is 57.5 Å². The zero-order chi connectivity index (χ0) is 28.0. The van der Waals surface area contributed by atoms with Gasteiger partial charge in [-0.1, -0.05) is 12.1 Å². The predicted molar refractivity (Wildman–Crippen MR) is 130 cm³/mol. The van der Waals surface area contributed by atoms with E-state index < -0.39 is 40.5 Å². The van der Waals surface area contributed by atoms with Crippen LogP contribution in [0.1, 0.15) is 29.3 Å². The number of anilines is 1. The van der Waals surface area contributed by atoms with Gasteiger partial charge in [-0.25, -0.2) is 8.78 Å². The molecular weight excluding hydrogens is 519 g/mol. The van der Waals surface area contributed by atoms with Crippen molar-refractivity contribution in [3.8, 4) is 6.07 Å². The number of pyridine rings is 2. The molecule has 4 heterocycles. The number of benzene rings is 1. The Bertz CT molecular complexity index is 1440. The maximum atomic E-state index is 14.5. The molecule has 2 aliphatic rings. The van der Waals surface area contributed by atoms with Gasteiger partial charge in [0.15, 0.2) is 11.6 Å². The summed E-state index contributed by atoms with van der Waals surface area (Å²) in [4.78, 5) is 24.3. The maximum absolute atomic E-state index is 14.5. The first-order chi connectivity index (χ1) is 18.4. The number of carbonyl (C=O) groups is 1. The zero-order valence-electron chi connectivity index (χ0n) is 20.8. The minimum absolute atomic E-state index is 0.111. The van der Waals surface area contributed by atoms with Crippen LogP contribution in [0.25, 0.3) is 0 Å². The Morgan fingerprint density at radius 1 is 1.05 bits per heavy atom. The number of halogens is 5. The predicted octanol–water partition coefficient (Wildman–Crippen LogP) is 3.89. The first-order valence-electron chi connectivity index (χ1n) is 12.0. The maximum Gasteiger partial charge on any atom is 0.421 e. The fraction of sp³-hybridized carbons (Fsp3) is 0.333. The number of hydrogen-bond donors (Lipinski definition) is 1. The molecule has 1 N–H and O–H groups in total. The molecule has 2 aliphatic heterocycles. The van der Waals surface area contributed by atoms with Gasteiger partial charge in [0.25, 0.3) is 0 Å². The highest BCUT2D eigenvalue weighted by molar-refractivity contribution is 5.75. The Morgan fingerprint density at radius 2 is 1.79 bits per heavy atom. The molecule has 0 bridgehead atoms. The summed E-state index contributed by atoms with van der Waals surface area (Å²) in [7, 11) is 0. The number of amides is 1. The molecule has 0 unspecified atom stereocenters. The largest absolute Gasteiger partial charge is 0.421 e. The number of likely N-dealkylation sites (tertiary alicyclic amines) is 1. The van der Waals surface area contributed by atoms with Gasteiger partial charge >= 0.3 is 6.18 Å². The highest BCUT2D eigenvalue weighted by Crippen LogP contribution is 2.45. The van der Waals surface area contributed by atoms with Crippen LogP contribution in [0, 0.1) is 28.4 Å². The van der Waals surface area contributed by atoms with Gasteiger partial charge in [-0.15, -0.1) is 0 Å². The molecule has 0 aliphatic carbocycles. The lowest BCUT2D eigenvalue weighted by atomic mass is 9.72. The second-order valence-electron chi connectivity index (χ2n) is 10.2. The molecule has 39 heavy (non-hydrogen) atoms. The Hall–Kier alpha value is -4.11. The minimum atomic E-state index is -5.11. The summed E-state index contributed by atoms with van der Waals surface area (Å²) in [5.41, 5.74) is -2.26. The normalized spacial score (nSPS) is 18.0. The van der Waals surface area contributed by atoms with E-state index in [0.717, 1.165) is 50.9 Å². The molecule has 12 heteroatoms. The minimum Gasteiger partial charge on any atom is -0.369 e. The zero-order valence-corrected chi connectivity index (χ0v) is 20.8. The van der Waals surface area contributed by atoms with E-state index in [-0.39, 0.29) is 5.41 Å². The van der Waals surface area contributed by atoms with E-state index in [0.29, 0.717) is 29.8 Å². The summed E-state index contributed by atoms with van der Waals surface area (Å²) >= 11 is 0. The fourth-order valence-electron chi connectivity index (χ4n) is 5.48. The molecule has 0 saturated carbocycles. The third-order valence-corrected chi connectivity index (χ3v) is 7.15. The van der Waals surface area contributed by atoms with Crippen molar-refractivity contribution in [2.75, 3.05) is 31.1 Å². The molecule has 2 aromatic heterocycles. The number of rotatable bonds is 6. The molecule has 5 rings (SSSR count). The summed E-state index contributed by atoms with van der Waals surface area (Å²) in [6.45, 7) is 4.60. The van der Waals surface area contributed by atoms with Gasteiger partial charge in [0.05, 0.1) is 23.1 Å². The molecule has 2 saturated heterocycles. The third kappa shape index (κ3) is 4.78. The summed E-state index contributed by atoms with van der Waals surface area (Å²) in [5.74, 6) is -3.80. The van der Waals surface area contributed by atoms with Crippen molar-refractivity contribution in [1.82, 2.24) is 20.2 Å². The molecule has 7 nitrogen and oxygen atoms in total. The smallest absolute Gasteiger partial charge is 0.369 e. The first-order valence-corrected chi connectivity index (χ1v) is 12.0. The SMILES string of the molecule is CC(=O)N[C@@](c1ccc(F)c(F)c1)(c1ccc(CN2CC3(C2)CN(c2cncc(C#N)c2)C3)cn1)C(F)(F)F. The van der Waals surface area contributed by atoms with E-state index in [2.05, 4.69) is 25.8 Å². The van der Waals surface area contributed by atoms with Crippen LogP contribution < -0.4 is 10.2 Å². The monoisotopic (exact) mass is 542 g/mol. The lowest BCUT2D eigenvalue weighted by Gasteiger charge is -2.61. The van der Waals surface area contributed by atoms with E-state index in [4.69, 9.17) is 5.26 Å². The van der Waals surface area contributed by atoms with E-state index in [1.54, 1.807) is 12.3 Å². The quantitative estimate of drug-likeness (QED) is 0.476. The van der Waals surface area contributed by atoms with Crippen LogP contribution in [0.5, 0.6) is 0 Å². The Balaban J connectivity index is 1.30. The highest BCUT2D eigenvalue weighted by Gasteiger charge is 2.59. The fourth-order valence-corrected chi connectivity index (χ4v) is 5.48. The van der Waals surface area contributed by atoms with Gasteiger partial charge < -0.3 is 10.2 Å². The van der Waals surface area contributed by atoms with Crippen molar-refractivity contribution in [2.24, 2.45) is 5.41 Å². The third-order valence-electron chi connectivity index (χ3n) is 7.15. The van der Waals surface area contributed by atoms with Crippen LogP contribution in [-0.4, -0.2) is 53.1 Å². The second kappa shape index (κ2) is 9.57. The van der Waals surface area contributed by atoms with Crippen molar-refractivity contribution in [3.63, 3.8) is 0 Å². The van der Waals surface area contributed by atoms with Crippen LogP contribution in [0.2, 0.25) is 0 Å². The van der Waals surface area contributed by atoms with E-state index in [9.17, 15) is 26.7 Å². The van der Waals surface area contributed by atoms with Crippen LogP contribution in [0.4, 0.5) is 27.6 Å². The number of aromatic nitrogens is 2. The molecular formula is C27H23F5N6O. The van der Waals surface area contributed by atoms with Crippen LogP contribution in [-0.2, 0) is 16.9 Å². The van der Waals surface area contributed by atoms with Crippen LogP contribution >= 0.6 is 0 Å². The summed E-state index contributed by atoms with van der Waals surface area (Å²) in [5, 5.41) is 11.0. The Labute approximate surface area is 220 Å². The molecule has 0 radical (unpaired) electrons. The lowest BCUT2D eigenvalue weighted by Crippen LogP contribution is -2.72. The van der Waals surface area contributed by atoms with E-state index in [1.165, 1.54) is 18.5 Å². The topological polar surface area (TPSA) is 85.2 Å². The van der Waals surface area contributed by atoms with Crippen molar-refractivity contribution >= 4 is 11.6 Å². The van der Waals surface area contributed by atoms with Gasteiger partial charge in [-0.3, -0.25) is 19.7 Å². The van der Waals surface area contributed by atoms with Crippen molar-refractivity contribution in [3.05, 3.63) is 89.0 Å². The molecule has 1 aromatic carbocycles. The lowest BCUT2D eigenvalue weighted by molar-refractivity contribution is -0.190. The highest BCUT2D eigenvalue weighted by atomic mass is 19.4. The van der Waals surface area contributed by atoms with Gasteiger partial charge in [-0.05, 0) is 35.4 Å². The van der Waals surface area contributed by atoms with Crippen molar-refractivity contribution in [2.45, 2.75) is 25.2 Å². The number of nitrogens with zero attached hydrogens (tertiary/aromatic N) is 5. The second-order valence-corrected chi connectivity index (χ2v) is 10.2. The van der Waals surface area contributed by atoms with Gasteiger partial charge in [0.1, 0.15) is 6.07 Å². The number of nitrogens with one attached hydrogen (secondary N) is 1. The van der Waals surface area contributed by atoms with Crippen molar-refractivity contribution in [1.29, 1.82) is 5.26 Å². The van der Waals surface area contributed by atoms with Crippen molar-refractivity contribution < 1.29 is 26.7 Å². The molecule has 1 atom stereocenters. The Kier molecular flexibility index (Phi) is 6.50. The molecule has 1 amide bonds. The average molecular weight is 543 g/mol. The summed E-state index contributed by atoms with van der Waals surface area (Å²) in [6.07, 6.45) is -0.579. The number of carbonyl (C=O) groups excluding carboxylic acids is 1. The number of nitriles is 1. The summed E-state index contributed by atoms with van der Waals surface area (Å²) < 4.78 is 71.1. The molecule has 202 valence electrons. The summed E-state index contributed by atoms with van der Waals surface area (Å²) in [6, 6.07) is 8.30. The number of alkyl halides is 3. The standard InChI is InChI=1S/C27H23F5N6O/c1-17(39)36-26(27(30,31)32,20-3-4-22(28)23(29)7-20)24-5-2-18(10-35-24)12-37-13-25(14-37)15-38(16-25)21-6-19(8-33)9-34-11-21/h2-7,9-11H,12-16H2,1H3,(H,36,39)/t26-/m0/s1. The van der Waals surface area contributed by atoms with Gasteiger partial charge in [-0.2, -0.15) is 18.4 Å². The molecule has 1 spiro atoms. The van der Waals surface area contributed by atoms with Gasteiger partial charge in [0.2, 0.25) is 11.4 Å².